The Labute approximate surface area is 176 Å². The zero-order valence-corrected chi connectivity index (χ0v) is 17.5. The third-order valence-electron chi connectivity index (χ3n) is 6.09. The highest BCUT2D eigenvalue weighted by Crippen LogP contribution is 2.33. The molecule has 1 aliphatic rings. The number of halogens is 2. The smallest absolute Gasteiger partial charge is 0.230 e. The van der Waals surface area contributed by atoms with Crippen molar-refractivity contribution in [3.05, 3.63) is 71.3 Å². The summed E-state index contributed by atoms with van der Waals surface area (Å²) in [4.78, 5) is 27.6. The minimum Gasteiger partial charge on any atom is -0.351 e. The van der Waals surface area contributed by atoms with Gasteiger partial charge in [0.05, 0.1) is 5.92 Å². The molecule has 1 atom stereocenters. The maximum absolute atomic E-state index is 13.8. The number of nitrogens with one attached hydrogen (secondary N) is 1. The molecule has 0 spiro atoms. The highest BCUT2D eigenvalue weighted by molar-refractivity contribution is 5.85. The van der Waals surface area contributed by atoms with Gasteiger partial charge in [-0.1, -0.05) is 50.2 Å². The standard InChI is InChI=1S/C24H28F2N2O2/c1-3-20(17-7-5-4-6-8-17)22(29)28-13-11-24(2,12-14-28)23(30)27-16-18-9-10-19(25)15-21(18)26/h4-10,15,20H,3,11-14,16H2,1-2H3,(H,27,30). The molecule has 1 aliphatic heterocycles. The van der Waals surface area contributed by atoms with E-state index in [0.29, 0.717) is 25.9 Å². The van der Waals surface area contributed by atoms with Crippen LogP contribution in [0.1, 0.15) is 50.2 Å². The highest BCUT2D eigenvalue weighted by Gasteiger charge is 2.39. The van der Waals surface area contributed by atoms with E-state index in [1.807, 2.05) is 49.1 Å². The molecule has 4 nitrogen and oxygen atoms in total. The minimum atomic E-state index is -0.674. The van der Waals surface area contributed by atoms with Gasteiger partial charge in [-0.25, -0.2) is 8.78 Å². The van der Waals surface area contributed by atoms with E-state index in [9.17, 15) is 18.4 Å². The number of nitrogens with zero attached hydrogens (tertiary/aromatic N) is 1. The number of carbonyl (C=O) groups is 2. The van der Waals surface area contributed by atoms with Gasteiger partial charge in [0.25, 0.3) is 0 Å². The van der Waals surface area contributed by atoms with Crippen LogP contribution in [0.4, 0.5) is 8.78 Å². The van der Waals surface area contributed by atoms with Crippen molar-refractivity contribution < 1.29 is 18.4 Å². The molecule has 0 radical (unpaired) electrons. The topological polar surface area (TPSA) is 49.4 Å². The van der Waals surface area contributed by atoms with Gasteiger partial charge in [0.2, 0.25) is 11.8 Å². The number of rotatable bonds is 6. The van der Waals surface area contributed by atoms with Gasteiger partial charge in [-0.05, 0) is 30.9 Å². The van der Waals surface area contributed by atoms with Gasteiger partial charge in [0.15, 0.2) is 0 Å². The predicted molar refractivity (Wildman–Crippen MR) is 112 cm³/mol. The van der Waals surface area contributed by atoms with Crippen LogP contribution < -0.4 is 5.32 Å². The number of hydrogen-bond acceptors (Lipinski definition) is 2. The molecule has 1 fully saturated rings. The first-order valence-corrected chi connectivity index (χ1v) is 10.4. The van der Waals surface area contributed by atoms with Crippen LogP contribution in [0.3, 0.4) is 0 Å². The Morgan fingerprint density at radius 2 is 1.77 bits per heavy atom. The lowest BCUT2D eigenvalue weighted by atomic mass is 9.79. The van der Waals surface area contributed by atoms with Crippen LogP contribution in [0.15, 0.2) is 48.5 Å². The molecular weight excluding hydrogens is 386 g/mol. The van der Waals surface area contributed by atoms with Gasteiger partial charge in [0.1, 0.15) is 11.6 Å². The zero-order chi connectivity index (χ0) is 21.7. The highest BCUT2D eigenvalue weighted by atomic mass is 19.1. The van der Waals surface area contributed by atoms with Gasteiger partial charge in [0, 0.05) is 36.7 Å². The second kappa shape index (κ2) is 9.37. The van der Waals surface area contributed by atoms with E-state index in [-0.39, 0.29) is 29.8 Å². The number of likely N-dealkylation sites (tertiary alicyclic amines) is 1. The molecule has 6 heteroatoms. The molecule has 1 N–H and O–H groups in total. The molecule has 3 rings (SSSR count). The summed E-state index contributed by atoms with van der Waals surface area (Å²) < 4.78 is 26.8. The first-order chi connectivity index (χ1) is 14.3. The van der Waals surface area contributed by atoms with Crippen molar-refractivity contribution in [3.8, 4) is 0 Å². The summed E-state index contributed by atoms with van der Waals surface area (Å²) in [5.74, 6) is -1.57. The molecule has 2 aromatic carbocycles. The molecule has 0 aliphatic carbocycles. The van der Waals surface area contributed by atoms with Crippen molar-refractivity contribution in [1.82, 2.24) is 10.2 Å². The van der Waals surface area contributed by atoms with E-state index in [0.717, 1.165) is 18.1 Å². The molecule has 1 unspecified atom stereocenters. The van der Waals surface area contributed by atoms with Gasteiger partial charge in [-0.3, -0.25) is 9.59 Å². The summed E-state index contributed by atoms with van der Waals surface area (Å²) in [6, 6.07) is 13.1. The first kappa shape index (κ1) is 21.9. The minimum absolute atomic E-state index is 0.00903. The molecule has 2 amide bonds. The molecular formula is C24H28F2N2O2. The first-order valence-electron chi connectivity index (χ1n) is 10.4. The average molecular weight is 414 g/mol. The number of benzene rings is 2. The van der Waals surface area contributed by atoms with Crippen LogP contribution in [0.25, 0.3) is 0 Å². The molecule has 0 bridgehead atoms. The van der Waals surface area contributed by atoms with Gasteiger partial charge in [-0.2, -0.15) is 0 Å². The number of amides is 2. The molecule has 1 saturated heterocycles. The Balaban J connectivity index is 1.57. The summed E-state index contributed by atoms with van der Waals surface area (Å²) in [6.07, 6.45) is 1.81. The second-order valence-electron chi connectivity index (χ2n) is 8.18. The Morgan fingerprint density at radius 3 is 2.37 bits per heavy atom. The molecule has 0 aromatic heterocycles. The quantitative estimate of drug-likeness (QED) is 0.762. The predicted octanol–water partition coefficient (Wildman–Crippen LogP) is 4.40. The third-order valence-corrected chi connectivity index (χ3v) is 6.09. The van der Waals surface area contributed by atoms with Crippen molar-refractivity contribution in [2.45, 2.75) is 45.6 Å². The summed E-state index contributed by atoms with van der Waals surface area (Å²) in [5.41, 5.74) is 0.633. The van der Waals surface area contributed by atoms with Crippen molar-refractivity contribution in [2.75, 3.05) is 13.1 Å². The van der Waals surface area contributed by atoms with Crippen LogP contribution in [-0.4, -0.2) is 29.8 Å². The molecule has 160 valence electrons. The maximum Gasteiger partial charge on any atom is 0.230 e. The summed E-state index contributed by atoms with van der Waals surface area (Å²) in [7, 11) is 0. The van der Waals surface area contributed by atoms with Crippen molar-refractivity contribution in [2.24, 2.45) is 5.41 Å². The Kier molecular flexibility index (Phi) is 6.85. The number of carbonyl (C=O) groups excluding carboxylic acids is 2. The zero-order valence-electron chi connectivity index (χ0n) is 17.5. The van der Waals surface area contributed by atoms with Gasteiger partial charge in [-0.15, -0.1) is 0 Å². The second-order valence-corrected chi connectivity index (χ2v) is 8.18. The fourth-order valence-corrected chi connectivity index (χ4v) is 3.96. The van der Waals surface area contributed by atoms with E-state index in [1.165, 1.54) is 12.1 Å². The fourth-order valence-electron chi connectivity index (χ4n) is 3.96. The third kappa shape index (κ3) is 4.86. The van der Waals surface area contributed by atoms with E-state index in [4.69, 9.17) is 0 Å². The van der Waals surface area contributed by atoms with Crippen LogP contribution in [0.2, 0.25) is 0 Å². The molecule has 30 heavy (non-hydrogen) atoms. The normalized spacial score (nSPS) is 16.7. The lowest BCUT2D eigenvalue weighted by Gasteiger charge is -2.39. The van der Waals surface area contributed by atoms with E-state index in [1.54, 1.807) is 0 Å². The van der Waals surface area contributed by atoms with Crippen molar-refractivity contribution in [3.63, 3.8) is 0 Å². The Bertz CT molecular complexity index is 893. The largest absolute Gasteiger partial charge is 0.351 e. The lowest BCUT2D eigenvalue weighted by molar-refractivity contribution is -0.140. The molecule has 1 heterocycles. The number of hydrogen-bond donors (Lipinski definition) is 1. The van der Waals surface area contributed by atoms with Crippen molar-refractivity contribution in [1.29, 1.82) is 0 Å². The monoisotopic (exact) mass is 414 g/mol. The van der Waals surface area contributed by atoms with E-state index >= 15 is 0 Å². The number of piperidine rings is 1. The van der Waals surface area contributed by atoms with E-state index in [2.05, 4.69) is 5.32 Å². The van der Waals surface area contributed by atoms with Crippen molar-refractivity contribution >= 4 is 11.8 Å². The average Bonchev–Trinajstić information content (AvgIpc) is 2.74. The van der Waals surface area contributed by atoms with Crippen LogP contribution in [0, 0.1) is 17.0 Å². The van der Waals surface area contributed by atoms with E-state index < -0.39 is 17.0 Å². The SMILES string of the molecule is CCC(C(=O)N1CCC(C)(C(=O)NCc2ccc(F)cc2F)CC1)c1ccccc1. The van der Waals surface area contributed by atoms with Crippen LogP contribution in [0.5, 0.6) is 0 Å². The van der Waals surface area contributed by atoms with Gasteiger partial charge >= 0.3 is 0 Å². The Hall–Kier alpha value is -2.76. The Morgan fingerprint density at radius 1 is 1.10 bits per heavy atom. The summed E-state index contributed by atoms with van der Waals surface area (Å²) in [5, 5.41) is 2.77. The maximum atomic E-state index is 13.8. The summed E-state index contributed by atoms with van der Waals surface area (Å²) >= 11 is 0. The summed E-state index contributed by atoms with van der Waals surface area (Å²) in [6.45, 7) is 4.91. The fraction of sp³-hybridized carbons (Fsp3) is 0.417. The van der Waals surface area contributed by atoms with Crippen LogP contribution in [-0.2, 0) is 16.1 Å². The lowest BCUT2D eigenvalue weighted by Crippen LogP contribution is -2.49. The molecule has 0 saturated carbocycles. The van der Waals surface area contributed by atoms with Gasteiger partial charge < -0.3 is 10.2 Å². The molecule has 2 aromatic rings. The van der Waals surface area contributed by atoms with Crippen LogP contribution >= 0.6 is 0 Å².